The molecular formula is C10H12N6O. The summed E-state index contributed by atoms with van der Waals surface area (Å²) in [6.45, 7) is 1.09. The minimum absolute atomic E-state index is 0.149. The number of pyridine rings is 1. The predicted molar refractivity (Wildman–Crippen MR) is 60.1 cm³/mol. The average molecular weight is 232 g/mol. The molecule has 4 N–H and O–H groups in total. The molecule has 0 fully saturated rings. The Balaban J connectivity index is 1.90. The lowest BCUT2D eigenvalue weighted by atomic mass is 10.2. The molecule has 2 aromatic heterocycles. The summed E-state index contributed by atoms with van der Waals surface area (Å²) in [7, 11) is 0. The molecule has 0 aromatic carbocycles. The fourth-order valence-electron chi connectivity index (χ4n) is 1.35. The van der Waals surface area contributed by atoms with Crippen LogP contribution in [0.4, 0.5) is 0 Å². The first-order valence-corrected chi connectivity index (χ1v) is 5.03. The third-order valence-corrected chi connectivity index (χ3v) is 2.16. The van der Waals surface area contributed by atoms with Crippen molar-refractivity contribution in [2.75, 3.05) is 0 Å². The molecule has 0 atom stereocenters. The molecule has 7 heteroatoms. The van der Waals surface area contributed by atoms with Crippen molar-refractivity contribution >= 4 is 5.84 Å². The van der Waals surface area contributed by atoms with Crippen LogP contribution < -0.4 is 11.1 Å². The van der Waals surface area contributed by atoms with Crippen LogP contribution in [0.5, 0.6) is 0 Å². The van der Waals surface area contributed by atoms with E-state index in [0.29, 0.717) is 18.8 Å². The molecule has 0 aliphatic rings. The smallest absolute Gasteiger partial charge is 0.173 e. The standard InChI is InChI=1S/C10H12N6O/c11-10(12)9-8(15-17-16-9)6-14-5-7-2-1-3-13-4-7/h1-4,14H,5-6H2,(H3,11,12). The van der Waals surface area contributed by atoms with Crippen molar-refractivity contribution in [2.24, 2.45) is 5.73 Å². The topological polar surface area (TPSA) is 114 Å². The minimum Gasteiger partial charge on any atom is -0.382 e. The van der Waals surface area contributed by atoms with Gasteiger partial charge in [0.2, 0.25) is 0 Å². The lowest BCUT2D eigenvalue weighted by Crippen LogP contribution is -2.19. The number of aromatic nitrogens is 3. The molecule has 17 heavy (non-hydrogen) atoms. The molecule has 0 aliphatic heterocycles. The van der Waals surface area contributed by atoms with E-state index in [1.54, 1.807) is 12.4 Å². The van der Waals surface area contributed by atoms with Gasteiger partial charge in [-0.15, -0.1) is 0 Å². The summed E-state index contributed by atoms with van der Waals surface area (Å²) in [6, 6.07) is 3.84. The number of hydrogen-bond donors (Lipinski definition) is 3. The van der Waals surface area contributed by atoms with Crippen molar-refractivity contribution in [3.8, 4) is 0 Å². The maximum Gasteiger partial charge on any atom is 0.173 e. The van der Waals surface area contributed by atoms with Gasteiger partial charge in [-0.1, -0.05) is 11.2 Å². The summed E-state index contributed by atoms with van der Waals surface area (Å²) in [5.74, 6) is -0.149. The number of hydrogen-bond acceptors (Lipinski definition) is 6. The van der Waals surface area contributed by atoms with Gasteiger partial charge in [0.1, 0.15) is 11.5 Å². The van der Waals surface area contributed by atoms with E-state index in [2.05, 4.69) is 25.2 Å². The zero-order chi connectivity index (χ0) is 12.1. The Morgan fingerprint density at radius 2 is 2.29 bits per heavy atom. The Kier molecular flexibility index (Phi) is 3.41. The van der Waals surface area contributed by atoms with E-state index in [0.717, 1.165) is 5.56 Å². The van der Waals surface area contributed by atoms with Gasteiger partial charge in [0, 0.05) is 25.5 Å². The first-order chi connectivity index (χ1) is 8.27. The first-order valence-electron chi connectivity index (χ1n) is 5.03. The molecule has 2 rings (SSSR count). The second-order valence-electron chi connectivity index (χ2n) is 3.44. The van der Waals surface area contributed by atoms with Gasteiger partial charge in [-0.2, -0.15) is 0 Å². The van der Waals surface area contributed by atoms with Gasteiger partial charge in [0.15, 0.2) is 5.69 Å². The monoisotopic (exact) mass is 232 g/mol. The van der Waals surface area contributed by atoms with Crippen LogP contribution in [0, 0.1) is 5.41 Å². The Morgan fingerprint density at radius 1 is 1.41 bits per heavy atom. The third-order valence-electron chi connectivity index (χ3n) is 2.16. The summed E-state index contributed by atoms with van der Waals surface area (Å²) in [5, 5.41) is 17.7. The third kappa shape index (κ3) is 2.85. The Hall–Kier alpha value is -2.28. The summed E-state index contributed by atoms with van der Waals surface area (Å²) in [5.41, 5.74) is 7.20. The lowest BCUT2D eigenvalue weighted by Gasteiger charge is -2.02. The van der Waals surface area contributed by atoms with Gasteiger partial charge in [0.05, 0.1) is 0 Å². The van der Waals surface area contributed by atoms with E-state index in [9.17, 15) is 0 Å². The van der Waals surface area contributed by atoms with Crippen molar-refractivity contribution in [1.29, 1.82) is 5.41 Å². The second kappa shape index (κ2) is 5.17. The average Bonchev–Trinajstić information content (AvgIpc) is 2.79. The van der Waals surface area contributed by atoms with Crippen LogP contribution in [0.1, 0.15) is 17.0 Å². The maximum atomic E-state index is 7.27. The number of rotatable bonds is 5. The molecular weight excluding hydrogens is 220 g/mol. The van der Waals surface area contributed by atoms with Gasteiger partial charge in [-0.25, -0.2) is 4.63 Å². The molecule has 0 aliphatic carbocycles. The Bertz CT molecular complexity index is 495. The molecule has 0 spiro atoms. The van der Waals surface area contributed by atoms with Crippen LogP contribution in [0.15, 0.2) is 29.2 Å². The Labute approximate surface area is 97.5 Å². The van der Waals surface area contributed by atoms with Gasteiger partial charge in [-0.3, -0.25) is 10.4 Å². The normalized spacial score (nSPS) is 10.4. The lowest BCUT2D eigenvalue weighted by molar-refractivity contribution is 0.301. The van der Waals surface area contributed by atoms with Gasteiger partial charge in [-0.05, 0) is 16.8 Å². The number of amidine groups is 1. The number of nitrogens with zero attached hydrogens (tertiary/aromatic N) is 3. The summed E-state index contributed by atoms with van der Waals surface area (Å²) >= 11 is 0. The highest BCUT2D eigenvalue weighted by molar-refractivity contribution is 5.93. The van der Waals surface area contributed by atoms with Crippen LogP contribution in [-0.2, 0) is 13.1 Å². The van der Waals surface area contributed by atoms with E-state index >= 15 is 0 Å². The van der Waals surface area contributed by atoms with E-state index in [4.69, 9.17) is 11.1 Å². The molecule has 88 valence electrons. The molecule has 0 bridgehead atoms. The highest BCUT2D eigenvalue weighted by atomic mass is 16.6. The van der Waals surface area contributed by atoms with Crippen LogP contribution in [0.3, 0.4) is 0 Å². The fraction of sp³-hybridized carbons (Fsp3) is 0.200. The molecule has 0 saturated carbocycles. The van der Waals surface area contributed by atoms with Crippen molar-refractivity contribution < 1.29 is 4.63 Å². The van der Waals surface area contributed by atoms with Crippen LogP contribution in [-0.4, -0.2) is 21.1 Å². The molecule has 0 amide bonds. The van der Waals surface area contributed by atoms with Gasteiger partial charge >= 0.3 is 0 Å². The first kappa shape index (κ1) is 11.2. The summed E-state index contributed by atoms with van der Waals surface area (Å²) < 4.78 is 4.54. The van der Waals surface area contributed by atoms with Crippen molar-refractivity contribution in [1.82, 2.24) is 20.6 Å². The molecule has 0 radical (unpaired) electrons. The molecule has 2 aromatic rings. The maximum absolute atomic E-state index is 7.27. The van der Waals surface area contributed by atoms with Crippen molar-refractivity contribution in [2.45, 2.75) is 13.1 Å². The Morgan fingerprint density at radius 3 is 3.00 bits per heavy atom. The number of nitrogen functional groups attached to an aromatic ring is 1. The van der Waals surface area contributed by atoms with E-state index in [1.165, 1.54) is 0 Å². The summed E-state index contributed by atoms with van der Waals surface area (Å²) in [4.78, 5) is 4.01. The predicted octanol–water partition coefficient (Wildman–Crippen LogP) is 0.0385. The van der Waals surface area contributed by atoms with E-state index < -0.39 is 0 Å². The van der Waals surface area contributed by atoms with Crippen LogP contribution >= 0.6 is 0 Å². The zero-order valence-electron chi connectivity index (χ0n) is 9.05. The molecule has 2 heterocycles. The molecule has 0 unspecified atom stereocenters. The number of nitrogens with one attached hydrogen (secondary N) is 2. The highest BCUT2D eigenvalue weighted by Gasteiger charge is 2.11. The molecule has 0 saturated heterocycles. The van der Waals surface area contributed by atoms with Crippen molar-refractivity contribution in [3.05, 3.63) is 41.5 Å². The molecule has 7 nitrogen and oxygen atoms in total. The van der Waals surface area contributed by atoms with Crippen molar-refractivity contribution in [3.63, 3.8) is 0 Å². The quantitative estimate of drug-likeness (QED) is 0.495. The summed E-state index contributed by atoms with van der Waals surface area (Å²) in [6.07, 6.45) is 3.50. The highest BCUT2D eigenvalue weighted by Crippen LogP contribution is 2.02. The van der Waals surface area contributed by atoms with Crippen LogP contribution in [0.2, 0.25) is 0 Å². The van der Waals surface area contributed by atoms with E-state index in [-0.39, 0.29) is 11.5 Å². The largest absolute Gasteiger partial charge is 0.382 e. The SMILES string of the molecule is N=C(N)c1nonc1CNCc1cccnc1. The zero-order valence-corrected chi connectivity index (χ0v) is 9.05. The minimum atomic E-state index is -0.149. The van der Waals surface area contributed by atoms with Gasteiger partial charge in [0.25, 0.3) is 0 Å². The number of nitrogens with two attached hydrogens (primary N) is 1. The fourth-order valence-corrected chi connectivity index (χ4v) is 1.35. The van der Waals surface area contributed by atoms with Crippen LogP contribution in [0.25, 0.3) is 0 Å². The second-order valence-corrected chi connectivity index (χ2v) is 3.44. The van der Waals surface area contributed by atoms with Gasteiger partial charge < -0.3 is 11.1 Å². The van der Waals surface area contributed by atoms with E-state index in [1.807, 2.05) is 12.1 Å².